The van der Waals surface area contributed by atoms with Crippen molar-refractivity contribution in [3.05, 3.63) is 28.0 Å². The number of halogens is 1. The summed E-state index contributed by atoms with van der Waals surface area (Å²) in [7, 11) is 0. The number of rotatable bonds is 2. The molecule has 0 saturated carbocycles. The fourth-order valence-electron chi connectivity index (χ4n) is 1.07. The Kier molecular flexibility index (Phi) is 2.71. The van der Waals surface area contributed by atoms with Crippen LogP contribution in [-0.2, 0) is 0 Å². The quantitative estimate of drug-likeness (QED) is 0.914. The van der Waals surface area contributed by atoms with E-state index < -0.39 is 0 Å². The molecular formula is C9H9BrN2OS. The molecule has 0 radical (unpaired) electrons. The topological polar surface area (TPSA) is 52.0 Å². The van der Waals surface area contributed by atoms with Gasteiger partial charge in [-0.25, -0.2) is 4.98 Å². The van der Waals surface area contributed by atoms with E-state index in [-0.39, 0.29) is 6.04 Å². The molecule has 0 bridgehead atoms. The summed E-state index contributed by atoms with van der Waals surface area (Å²) in [5.41, 5.74) is 5.65. The molecule has 2 rings (SSSR count). The van der Waals surface area contributed by atoms with E-state index in [1.165, 1.54) is 0 Å². The predicted octanol–water partition coefficient (Wildman–Crippen LogP) is 3.19. The van der Waals surface area contributed by atoms with Gasteiger partial charge in [0.15, 0.2) is 5.76 Å². The van der Waals surface area contributed by atoms with E-state index in [9.17, 15) is 0 Å². The lowest BCUT2D eigenvalue weighted by atomic mass is 10.4. The van der Waals surface area contributed by atoms with Crippen LogP contribution in [0, 0.1) is 0 Å². The third-order valence-corrected chi connectivity index (χ3v) is 3.61. The molecule has 5 heteroatoms. The monoisotopic (exact) mass is 272 g/mol. The molecule has 2 heterocycles. The van der Waals surface area contributed by atoms with Crippen LogP contribution >= 0.6 is 27.3 Å². The van der Waals surface area contributed by atoms with Gasteiger partial charge < -0.3 is 10.2 Å². The SMILES string of the molecule is CC(N)c1ncc(-c2sccc2Br)o1. The summed E-state index contributed by atoms with van der Waals surface area (Å²) in [6.07, 6.45) is 1.70. The van der Waals surface area contributed by atoms with E-state index in [1.54, 1.807) is 17.5 Å². The highest BCUT2D eigenvalue weighted by Crippen LogP contribution is 2.34. The van der Waals surface area contributed by atoms with Gasteiger partial charge in [0.05, 0.1) is 17.1 Å². The van der Waals surface area contributed by atoms with Crippen LogP contribution < -0.4 is 5.73 Å². The zero-order valence-electron chi connectivity index (χ0n) is 7.53. The summed E-state index contributed by atoms with van der Waals surface area (Å²) < 4.78 is 6.54. The molecule has 0 aliphatic rings. The van der Waals surface area contributed by atoms with Gasteiger partial charge in [0, 0.05) is 4.47 Å². The summed E-state index contributed by atoms with van der Waals surface area (Å²) in [6, 6.07) is 1.82. The minimum atomic E-state index is -0.164. The van der Waals surface area contributed by atoms with E-state index >= 15 is 0 Å². The van der Waals surface area contributed by atoms with Crippen LogP contribution in [0.15, 0.2) is 26.5 Å². The van der Waals surface area contributed by atoms with Crippen molar-refractivity contribution in [3.8, 4) is 10.6 Å². The van der Waals surface area contributed by atoms with E-state index in [1.807, 2.05) is 18.4 Å². The highest BCUT2D eigenvalue weighted by molar-refractivity contribution is 9.10. The highest BCUT2D eigenvalue weighted by atomic mass is 79.9. The van der Waals surface area contributed by atoms with E-state index in [4.69, 9.17) is 10.2 Å². The Hall–Kier alpha value is -0.650. The summed E-state index contributed by atoms with van der Waals surface area (Å²) in [4.78, 5) is 5.15. The molecule has 2 aromatic heterocycles. The molecule has 3 nitrogen and oxygen atoms in total. The van der Waals surface area contributed by atoms with E-state index in [0.717, 1.165) is 15.1 Å². The van der Waals surface area contributed by atoms with Gasteiger partial charge in [-0.05, 0) is 34.3 Å². The van der Waals surface area contributed by atoms with Crippen molar-refractivity contribution in [2.45, 2.75) is 13.0 Å². The second-order valence-electron chi connectivity index (χ2n) is 2.95. The largest absolute Gasteiger partial charge is 0.438 e. The van der Waals surface area contributed by atoms with Crippen LogP contribution in [0.5, 0.6) is 0 Å². The van der Waals surface area contributed by atoms with E-state index in [2.05, 4.69) is 20.9 Å². The molecule has 0 spiro atoms. The Balaban J connectivity index is 2.39. The third-order valence-electron chi connectivity index (χ3n) is 1.75. The minimum absolute atomic E-state index is 0.164. The van der Waals surface area contributed by atoms with Crippen molar-refractivity contribution in [2.24, 2.45) is 5.73 Å². The molecule has 0 fully saturated rings. The zero-order valence-corrected chi connectivity index (χ0v) is 9.93. The highest BCUT2D eigenvalue weighted by Gasteiger charge is 2.12. The first kappa shape index (κ1) is 9.89. The van der Waals surface area contributed by atoms with Gasteiger partial charge in [0.25, 0.3) is 0 Å². The van der Waals surface area contributed by atoms with Gasteiger partial charge in [-0.2, -0.15) is 0 Å². The van der Waals surface area contributed by atoms with Gasteiger partial charge in [0.2, 0.25) is 5.89 Å². The second kappa shape index (κ2) is 3.84. The molecule has 0 saturated heterocycles. The van der Waals surface area contributed by atoms with Crippen LogP contribution in [0.3, 0.4) is 0 Å². The smallest absolute Gasteiger partial charge is 0.211 e. The van der Waals surface area contributed by atoms with Gasteiger partial charge in [-0.1, -0.05) is 0 Å². The number of nitrogens with two attached hydrogens (primary N) is 1. The summed E-state index contributed by atoms with van der Waals surface area (Å²) in [5, 5.41) is 1.99. The van der Waals surface area contributed by atoms with Crippen molar-refractivity contribution < 1.29 is 4.42 Å². The molecule has 74 valence electrons. The lowest BCUT2D eigenvalue weighted by Gasteiger charge is -1.96. The fourth-order valence-corrected chi connectivity index (χ4v) is 2.59. The maximum atomic E-state index is 5.65. The number of hydrogen-bond acceptors (Lipinski definition) is 4. The molecule has 0 aromatic carbocycles. The van der Waals surface area contributed by atoms with Crippen molar-refractivity contribution >= 4 is 27.3 Å². The van der Waals surface area contributed by atoms with Crippen LogP contribution in [0.2, 0.25) is 0 Å². The molecule has 2 N–H and O–H groups in total. The van der Waals surface area contributed by atoms with Gasteiger partial charge >= 0.3 is 0 Å². The minimum Gasteiger partial charge on any atom is -0.438 e. The van der Waals surface area contributed by atoms with E-state index in [0.29, 0.717) is 5.89 Å². The third kappa shape index (κ3) is 1.75. The Morgan fingerprint density at radius 2 is 2.43 bits per heavy atom. The first-order valence-electron chi connectivity index (χ1n) is 4.13. The van der Waals surface area contributed by atoms with Gasteiger partial charge in [0.1, 0.15) is 0 Å². The lowest BCUT2D eigenvalue weighted by molar-refractivity contribution is 0.474. The first-order chi connectivity index (χ1) is 6.68. The predicted molar refractivity (Wildman–Crippen MR) is 60.1 cm³/mol. The first-order valence-corrected chi connectivity index (χ1v) is 5.80. The van der Waals surface area contributed by atoms with Crippen LogP contribution in [0.4, 0.5) is 0 Å². The van der Waals surface area contributed by atoms with Crippen molar-refractivity contribution in [3.63, 3.8) is 0 Å². The molecule has 0 aliphatic heterocycles. The number of hydrogen-bond donors (Lipinski definition) is 1. The Labute approximate surface area is 94.1 Å². The Morgan fingerprint density at radius 3 is 2.93 bits per heavy atom. The van der Waals surface area contributed by atoms with Crippen LogP contribution in [0.25, 0.3) is 10.6 Å². The van der Waals surface area contributed by atoms with Crippen LogP contribution in [-0.4, -0.2) is 4.98 Å². The van der Waals surface area contributed by atoms with Crippen LogP contribution in [0.1, 0.15) is 18.9 Å². The maximum Gasteiger partial charge on any atom is 0.211 e. The molecule has 0 amide bonds. The fraction of sp³-hybridized carbons (Fsp3) is 0.222. The number of thiophene rings is 1. The maximum absolute atomic E-state index is 5.65. The summed E-state index contributed by atoms with van der Waals surface area (Å²) >= 11 is 5.05. The standard InChI is InChI=1S/C9H9BrN2OS/c1-5(11)9-12-4-7(13-9)8-6(10)2-3-14-8/h2-5H,11H2,1H3. The molecule has 1 atom stereocenters. The van der Waals surface area contributed by atoms with Gasteiger partial charge in [-0.3, -0.25) is 0 Å². The average Bonchev–Trinajstić information content (AvgIpc) is 2.71. The molecular weight excluding hydrogens is 264 g/mol. The molecule has 0 aliphatic carbocycles. The molecule has 2 aromatic rings. The zero-order chi connectivity index (χ0) is 10.1. The lowest BCUT2D eigenvalue weighted by Crippen LogP contribution is -2.04. The Bertz CT molecular complexity index is 435. The molecule has 14 heavy (non-hydrogen) atoms. The number of nitrogens with zero attached hydrogens (tertiary/aromatic N) is 1. The second-order valence-corrected chi connectivity index (χ2v) is 4.72. The van der Waals surface area contributed by atoms with Crippen molar-refractivity contribution in [1.82, 2.24) is 4.98 Å². The van der Waals surface area contributed by atoms with Crippen molar-refractivity contribution in [2.75, 3.05) is 0 Å². The van der Waals surface area contributed by atoms with Gasteiger partial charge in [-0.15, -0.1) is 11.3 Å². The normalized spacial score (nSPS) is 13.1. The number of aromatic nitrogens is 1. The average molecular weight is 273 g/mol. The van der Waals surface area contributed by atoms with Crippen molar-refractivity contribution in [1.29, 1.82) is 0 Å². The molecule has 1 unspecified atom stereocenters. The Morgan fingerprint density at radius 1 is 1.64 bits per heavy atom. The summed E-state index contributed by atoms with van der Waals surface area (Å²) in [6.45, 7) is 1.85. The number of oxazole rings is 1. The summed E-state index contributed by atoms with van der Waals surface area (Å²) in [5.74, 6) is 1.33.